The fourth-order valence-corrected chi connectivity index (χ4v) is 3.19. The second-order valence-corrected chi connectivity index (χ2v) is 7.97. The van der Waals surface area contributed by atoms with Crippen LogP contribution >= 0.6 is 0 Å². The third kappa shape index (κ3) is 8.36. The molecule has 37 heavy (non-hydrogen) atoms. The van der Waals surface area contributed by atoms with Gasteiger partial charge in [-0.25, -0.2) is 5.43 Å². The van der Waals surface area contributed by atoms with Crippen LogP contribution in [-0.2, 0) is 14.4 Å². The molecular weight excluding hydrogens is 472 g/mol. The van der Waals surface area contributed by atoms with Crippen molar-refractivity contribution < 1.29 is 23.9 Å². The molecular formula is C28H28N4O5. The summed E-state index contributed by atoms with van der Waals surface area (Å²) in [5.41, 5.74) is 5.88. The predicted octanol–water partition coefficient (Wildman–Crippen LogP) is 3.97. The lowest BCUT2D eigenvalue weighted by molar-refractivity contribution is -0.136. The van der Waals surface area contributed by atoms with Crippen LogP contribution in [0.5, 0.6) is 11.5 Å². The second kappa shape index (κ2) is 13.2. The first kappa shape index (κ1) is 26.7. The highest BCUT2D eigenvalue weighted by molar-refractivity contribution is 6.39. The van der Waals surface area contributed by atoms with E-state index in [1.54, 1.807) is 54.6 Å². The largest absolute Gasteiger partial charge is 0.490 e. The van der Waals surface area contributed by atoms with Crippen LogP contribution in [0.15, 0.2) is 84.5 Å². The van der Waals surface area contributed by atoms with E-state index in [9.17, 15) is 14.4 Å². The van der Waals surface area contributed by atoms with Crippen LogP contribution in [0.3, 0.4) is 0 Å². The fourth-order valence-electron chi connectivity index (χ4n) is 3.19. The summed E-state index contributed by atoms with van der Waals surface area (Å²) in [5, 5.41) is 9.13. The zero-order valence-electron chi connectivity index (χ0n) is 20.6. The van der Waals surface area contributed by atoms with E-state index in [4.69, 9.17) is 9.47 Å². The molecule has 0 fully saturated rings. The van der Waals surface area contributed by atoms with Gasteiger partial charge in [0.05, 0.1) is 6.21 Å². The van der Waals surface area contributed by atoms with Crippen LogP contribution in [0.2, 0.25) is 0 Å². The highest BCUT2D eigenvalue weighted by Crippen LogP contribution is 2.18. The van der Waals surface area contributed by atoms with Crippen LogP contribution in [0.4, 0.5) is 11.4 Å². The van der Waals surface area contributed by atoms with Crippen LogP contribution in [0, 0.1) is 13.8 Å². The molecule has 0 aliphatic heterocycles. The summed E-state index contributed by atoms with van der Waals surface area (Å²) in [5.74, 6) is -1.15. The monoisotopic (exact) mass is 500 g/mol. The van der Waals surface area contributed by atoms with Crippen molar-refractivity contribution in [2.45, 2.75) is 13.8 Å². The Morgan fingerprint density at radius 1 is 0.919 bits per heavy atom. The highest BCUT2D eigenvalue weighted by Gasteiger charge is 2.13. The summed E-state index contributed by atoms with van der Waals surface area (Å²) in [6.45, 7) is 7.62. The number of anilines is 2. The highest BCUT2D eigenvalue weighted by atomic mass is 16.5. The number of benzene rings is 3. The number of hydrogen-bond donors (Lipinski definition) is 3. The van der Waals surface area contributed by atoms with Gasteiger partial charge in [-0.05, 0) is 61.9 Å². The molecule has 190 valence electrons. The maximum absolute atomic E-state index is 12.3. The van der Waals surface area contributed by atoms with Gasteiger partial charge in [0, 0.05) is 16.9 Å². The lowest BCUT2D eigenvalue weighted by Gasteiger charge is -2.11. The van der Waals surface area contributed by atoms with E-state index in [2.05, 4.69) is 27.7 Å². The van der Waals surface area contributed by atoms with Gasteiger partial charge in [-0.15, -0.1) is 0 Å². The molecule has 0 radical (unpaired) electrons. The van der Waals surface area contributed by atoms with Crippen molar-refractivity contribution in [2.24, 2.45) is 5.10 Å². The van der Waals surface area contributed by atoms with Crippen LogP contribution in [0.1, 0.15) is 16.7 Å². The summed E-state index contributed by atoms with van der Waals surface area (Å²) >= 11 is 0. The van der Waals surface area contributed by atoms with Crippen molar-refractivity contribution in [2.75, 3.05) is 23.8 Å². The first-order chi connectivity index (χ1) is 17.9. The molecule has 0 aliphatic rings. The van der Waals surface area contributed by atoms with Gasteiger partial charge in [-0.3, -0.25) is 14.4 Å². The average molecular weight is 501 g/mol. The van der Waals surface area contributed by atoms with E-state index in [0.29, 0.717) is 35.0 Å². The first-order valence-electron chi connectivity index (χ1n) is 11.4. The lowest BCUT2D eigenvalue weighted by atomic mass is 10.1. The molecule has 9 nitrogen and oxygen atoms in total. The summed E-state index contributed by atoms with van der Waals surface area (Å²) < 4.78 is 11.0. The number of amides is 3. The average Bonchev–Trinajstić information content (AvgIpc) is 2.89. The molecule has 0 heterocycles. The van der Waals surface area contributed by atoms with Gasteiger partial charge < -0.3 is 20.1 Å². The van der Waals surface area contributed by atoms with E-state index in [1.807, 2.05) is 32.0 Å². The molecule has 3 aromatic carbocycles. The molecule has 9 heteroatoms. The quantitative estimate of drug-likeness (QED) is 0.168. The third-order valence-electron chi connectivity index (χ3n) is 4.99. The van der Waals surface area contributed by atoms with E-state index in [1.165, 1.54) is 6.21 Å². The van der Waals surface area contributed by atoms with Crippen molar-refractivity contribution >= 4 is 35.3 Å². The molecule has 0 saturated carbocycles. The third-order valence-corrected chi connectivity index (χ3v) is 4.99. The Labute approximate surface area is 215 Å². The number of carbonyl (C=O) groups excluding carboxylic acids is 3. The Bertz CT molecular complexity index is 1300. The molecule has 0 bridgehead atoms. The minimum absolute atomic E-state index is 0.218. The zero-order chi connectivity index (χ0) is 26.6. The Balaban J connectivity index is 1.51. The minimum Gasteiger partial charge on any atom is -0.490 e. The fraction of sp³-hybridized carbons (Fsp3) is 0.143. The topological polar surface area (TPSA) is 118 Å². The Morgan fingerprint density at radius 2 is 1.68 bits per heavy atom. The molecule has 0 saturated heterocycles. The maximum Gasteiger partial charge on any atom is 0.329 e. The van der Waals surface area contributed by atoms with Gasteiger partial charge in [0.15, 0.2) is 6.61 Å². The van der Waals surface area contributed by atoms with Crippen LogP contribution in [-0.4, -0.2) is 37.1 Å². The summed E-state index contributed by atoms with van der Waals surface area (Å²) in [6.07, 6.45) is 2.95. The van der Waals surface area contributed by atoms with E-state index < -0.39 is 11.8 Å². The van der Waals surface area contributed by atoms with Crippen molar-refractivity contribution in [1.82, 2.24) is 5.43 Å². The van der Waals surface area contributed by atoms with Gasteiger partial charge in [0.1, 0.15) is 18.1 Å². The van der Waals surface area contributed by atoms with Crippen molar-refractivity contribution in [3.63, 3.8) is 0 Å². The van der Waals surface area contributed by atoms with Crippen molar-refractivity contribution in [3.05, 3.63) is 96.1 Å². The molecule has 0 unspecified atom stereocenters. The second-order valence-electron chi connectivity index (χ2n) is 7.97. The molecule has 0 aliphatic carbocycles. The smallest absolute Gasteiger partial charge is 0.329 e. The molecule has 3 amide bonds. The number of hydrazone groups is 1. The van der Waals surface area contributed by atoms with Gasteiger partial charge in [0.2, 0.25) is 0 Å². The number of nitrogens with zero attached hydrogens (tertiary/aromatic N) is 1. The molecule has 3 aromatic rings. The lowest BCUT2D eigenvalue weighted by Crippen LogP contribution is -2.32. The Morgan fingerprint density at radius 3 is 2.41 bits per heavy atom. The standard InChI is InChI=1S/C28H28N4O5/c1-4-15-36-23-12-10-22(11-13-23)30-27(34)28(35)32-29-17-21-7-5-6-8-25(21)37-18-26(33)31-24-14-9-19(2)16-20(24)3/h4-14,16-17H,1,15,18H2,2-3H3,(H,30,34)(H,31,33)(H,32,35)/b29-17-. The van der Waals surface area contributed by atoms with E-state index in [0.717, 1.165) is 11.1 Å². The normalized spacial score (nSPS) is 10.4. The number of rotatable bonds is 10. The first-order valence-corrected chi connectivity index (χ1v) is 11.4. The molecule has 0 spiro atoms. The Hall–Kier alpha value is -4.92. The number of carbonyl (C=O) groups is 3. The molecule has 3 N–H and O–H groups in total. The van der Waals surface area contributed by atoms with Crippen molar-refractivity contribution in [3.8, 4) is 11.5 Å². The minimum atomic E-state index is -0.950. The molecule has 3 rings (SSSR count). The number of hydrogen-bond acceptors (Lipinski definition) is 6. The Kier molecular flexibility index (Phi) is 9.55. The number of aryl methyl sites for hydroxylation is 2. The molecule has 0 aromatic heterocycles. The number of nitrogens with one attached hydrogen (secondary N) is 3. The van der Waals surface area contributed by atoms with Crippen LogP contribution in [0.25, 0.3) is 0 Å². The van der Waals surface area contributed by atoms with Gasteiger partial charge in [0.25, 0.3) is 5.91 Å². The number of ether oxygens (including phenoxy) is 2. The molecule has 0 atom stereocenters. The zero-order valence-corrected chi connectivity index (χ0v) is 20.6. The van der Waals surface area contributed by atoms with Gasteiger partial charge >= 0.3 is 11.8 Å². The predicted molar refractivity (Wildman–Crippen MR) is 143 cm³/mol. The maximum atomic E-state index is 12.3. The van der Waals surface area contributed by atoms with Gasteiger partial charge in [-0.2, -0.15) is 5.10 Å². The van der Waals surface area contributed by atoms with Crippen LogP contribution < -0.4 is 25.5 Å². The number of para-hydroxylation sites is 1. The summed E-state index contributed by atoms with van der Waals surface area (Å²) in [6, 6.07) is 19.1. The SMILES string of the molecule is C=CCOc1ccc(NC(=O)C(=O)N/N=C\c2ccccc2OCC(=O)Nc2ccc(C)cc2C)cc1. The van der Waals surface area contributed by atoms with E-state index in [-0.39, 0.29) is 12.5 Å². The van der Waals surface area contributed by atoms with Crippen molar-refractivity contribution in [1.29, 1.82) is 0 Å². The van der Waals surface area contributed by atoms with Gasteiger partial charge in [-0.1, -0.05) is 42.5 Å². The summed E-state index contributed by atoms with van der Waals surface area (Å²) in [4.78, 5) is 36.6. The summed E-state index contributed by atoms with van der Waals surface area (Å²) in [7, 11) is 0. The van der Waals surface area contributed by atoms with E-state index >= 15 is 0 Å².